The van der Waals surface area contributed by atoms with Crippen molar-refractivity contribution in [3.63, 3.8) is 0 Å². The molecule has 0 aliphatic rings. The Labute approximate surface area is 212 Å². The highest BCUT2D eigenvalue weighted by molar-refractivity contribution is 7.57. The van der Waals surface area contributed by atoms with Gasteiger partial charge in [0.15, 0.2) is 7.37 Å². The zero-order valence-corrected chi connectivity index (χ0v) is 23.3. The van der Waals surface area contributed by atoms with E-state index in [1.165, 1.54) is 48.2 Å². The van der Waals surface area contributed by atoms with Crippen molar-refractivity contribution >= 4 is 7.37 Å². The van der Waals surface area contributed by atoms with Gasteiger partial charge in [-0.25, -0.2) is 0 Å². The van der Waals surface area contributed by atoms with E-state index in [0.717, 1.165) is 38.3 Å². The van der Waals surface area contributed by atoms with E-state index in [4.69, 9.17) is 4.74 Å². The third-order valence-corrected chi connectivity index (χ3v) is 7.14. The summed E-state index contributed by atoms with van der Waals surface area (Å²) in [5.41, 5.74) is 5.40. The molecule has 2 aromatic rings. The molecule has 2 N–H and O–H groups in total. The van der Waals surface area contributed by atoms with Crippen LogP contribution in [0.2, 0.25) is 0 Å². The van der Waals surface area contributed by atoms with Crippen molar-refractivity contribution in [1.82, 2.24) is 5.32 Å². The summed E-state index contributed by atoms with van der Waals surface area (Å²) in [6.07, 6.45) is 7.01. The number of ether oxygens (including phenoxy) is 1. The van der Waals surface area contributed by atoms with Crippen molar-refractivity contribution in [3.05, 3.63) is 64.7 Å². The van der Waals surface area contributed by atoms with Crippen molar-refractivity contribution in [1.29, 1.82) is 0 Å². The largest absolute Gasteiger partial charge is 0.494 e. The Morgan fingerprint density at radius 3 is 2.29 bits per heavy atom. The van der Waals surface area contributed by atoms with Crippen LogP contribution in [0.25, 0.3) is 0 Å². The Balaban J connectivity index is 0. The lowest BCUT2D eigenvalue weighted by Gasteiger charge is -2.17. The fourth-order valence-electron chi connectivity index (χ4n) is 4.02. The van der Waals surface area contributed by atoms with E-state index in [9.17, 15) is 9.46 Å². The summed E-state index contributed by atoms with van der Waals surface area (Å²) in [5.74, 6) is 1.63. The van der Waals surface area contributed by atoms with Gasteiger partial charge in [0, 0.05) is 22.2 Å². The fourth-order valence-corrected chi connectivity index (χ4v) is 4.76. The number of hydrogen-bond acceptors (Lipinski definition) is 3. The Kier molecular flexibility index (Phi) is 15.1. The van der Waals surface area contributed by atoms with Gasteiger partial charge in [0.2, 0.25) is 0 Å². The molecular weight excluding hydrogens is 441 g/mol. The summed E-state index contributed by atoms with van der Waals surface area (Å²) in [4.78, 5) is 9.31. The highest BCUT2D eigenvalue weighted by Gasteiger charge is 2.10. The first-order chi connectivity index (χ1) is 16.3. The van der Waals surface area contributed by atoms with Crippen LogP contribution in [0.3, 0.4) is 0 Å². The molecule has 2 rings (SSSR count). The average Bonchev–Trinajstić information content (AvgIpc) is 2.80. The Morgan fingerprint density at radius 2 is 1.68 bits per heavy atom. The van der Waals surface area contributed by atoms with Crippen molar-refractivity contribution in [2.24, 2.45) is 5.92 Å². The monoisotopic (exact) mass is 493 g/mol. The lowest BCUT2D eigenvalue weighted by atomic mass is 9.90. The molecule has 0 aliphatic carbocycles. The molecule has 0 saturated heterocycles. The maximum atomic E-state index is 11.3. The SMILES string of the molecule is CC.CCCC(CCCOc1ccc(CNCCCP(C)(=O)O)cc1)Cc1ccc(C)c(C)c1.[HH].[HH]. The Morgan fingerprint density at radius 1 is 1.00 bits per heavy atom. The first kappa shape index (κ1) is 30.4. The molecule has 0 aromatic heterocycles. The molecule has 0 bridgehead atoms. The van der Waals surface area contributed by atoms with E-state index in [0.29, 0.717) is 18.5 Å². The maximum Gasteiger partial charge on any atom is 0.197 e. The fraction of sp³-hybridized carbons (Fsp3) is 0.586. The van der Waals surface area contributed by atoms with E-state index in [1.54, 1.807) is 0 Å². The zero-order valence-electron chi connectivity index (χ0n) is 22.4. The maximum absolute atomic E-state index is 11.3. The summed E-state index contributed by atoms with van der Waals surface area (Å²) in [6.45, 7) is 14.3. The zero-order chi connectivity index (χ0) is 25.4. The second kappa shape index (κ2) is 16.9. The van der Waals surface area contributed by atoms with Crippen molar-refractivity contribution in [3.8, 4) is 5.75 Å². The topological polar surface area (TPSA) is 58.6 Å². The molecule has 34 heavy (non-hydrogen) atoms. The third-order valence-electron chi connectivity index (χ3n) is 6.00. The smallest absolute Gasteiger partial charge is 0.197 e. The van der Waals surface area contributed by atoms with Gasteiger partial charge in [-0.2, -0.15) is 0 Å². The van der Waals surface area contributed by atoms with Crippen LogP contribution in [0.5, 0.6) is 5.75 Å². The van der Waals surface area contributed by atoms with E-state index in [-0.39, 0.29) is 2.85 Å². The first-order valence-electron chi connectivity index (χ1n) is 13.0. The van der Waals surface area contributed by atoms with Crippen molar-refractivity contribution < 1.29 is 17.0 Å². The van der Waals surface area contributed by atoms with Crippen LogP contribution >= 0.6 is 7.37 Å². The van der Waals surface area contributed by atoms with Gasteiger partial charge in [-0.05, 0) is 86.4 Å². The van der Waals surface area contributed by atoms with E-state index in [1.807, 2.05) is 26.0 Å². The molecule has 0 fully saturated rings. The number of rotatable bonds is 15. The molecule has 0 saturated carbocycles. The number of aryl methyl sites for hydroxylation is 2. The molecule has 196 valence electrons. The molecule has 5 heteroatoms. The van der Waals surface area contributed by atoms with Gasteiger partial charge in [-0.1, -0.05) is 63.9 Å². The summed E-state index contributed by atoms with van der Waals surface area (Å²) >= 11 is 0. The molecular formula is C29H52NO3P. The second-order valence-corrected chi connectivity index (χ2v) is 11.8. The van der Waals surface area contributed by atoms with Crippen molar-refractivity contribution in [2.45, 2.75) is 79.7 Å². The molecule has 4 nitrogen and oxygen atoms in total. The minimum atomic E-state index is -2.89. The molecule has 0 radical (unpaired) electrons. The molecule has 0 spiro atoms. The number of nitrogens with one attached hydrogen (secondary N) is 1. The van der Waals surface area contributed by atoms with Gasteiger partial charge in [-0.3, -0.25) is 4.57 Å². The minimum absolute atomic E-state index is 0. The molecule has 2 aromatic carbocycles. The predicted octanol–water partition coefficient (Wildman–Crippen LogP) is 8.02. The van der Waals surface area contributed by atoms with Crippen LogP contribution < -0.4 is 10.1 Å². The third kappa shape index (κ3) is 13.3. The first-order valence-corrected chi connectivity index (χ1v) is 15.3. The number of hydrogen-bond donors (Lipinski definition) is 2. The molecule has 0 amide bonds. The van der Waals surface area contributed by atoms with Crippen LogP contribution in [-0.4, -0.2) is 30.9 Å². The Hall–Kier alpha value is -1.61. The lowest BCUT2D eigenvalue weighted by molar-refractivity contribution is 0.287. The predicted molar refractivity (Wildman–Crippen MR) is 152 cm³/mol. The van der Waals surface area contributed by atoms with Gasteiger partial charge in [0.1, 0.15) is 5.75 Å². The molecule has 2 unspecified atom stereocenters. The van der Waals surface area contributed by atoms with Crippen LogP contribution in [0.15, 0.2) is 42.5 Å². The standard InChI is InChI=1S/C27H42NO3P.C2H6.2H2/c1-5-8-24(20-26-11-10-22(2)23(3)19-26)9-6-17-31-27-14-12-25(13-15-27)21-28-16-7-18-32(4,29)30;1-2;;/h10-15,19,24,28H,5-9,16-18,20-21H2,1-4H3,(H,29,30);1-2H3;2*1H. The quantitative estimate of drug-likeness (QED) is 0.195. The van der Waals surface area contributed by atoms with Crippen LogP contribution in [0, 0.1) is 19.8 Å². The van der Waals surface area contributed by atoms with Gasteiger partial charge < -0.3 is 14.9 Å². The second-order valence-electron chi connectivity index (χ2n) is 9.22. The normalized spacial score (nSPS) is 13.5. The van der Waals surface area contributed by atoms with Crippen LogP contribution in [0.1, 0.15) is 78.0 Å². The summed E-state index contributed by atoms with van der Waals surface area (Å²) < 4.78 is 17.3. The lowest BCUT2D eigenvalue weighted by Crippen LogP contribution is -2.15. The summed E-state index contributed by atoms with van der Waals surface area (Å²) in [6, 6.07) is 15.1. The van der Waals surface area contributed by atoms with E-state index in [2.05, 4.69) is 56.4 Å². The highest BCUT2D eigenvalue weighted by atomic mass is 31.2. The van der Waals surface area contributed by atoms with Gasteiger partial charge in [-0.15, -0.1) is 0 Å². The molecule has 0 aliphatic heterocycles. The average molecular weight is 494 g/mol. The van der Waals surface area contributed by atoms with E-state index >= 15 is 0 Å². The number of benzene rings is 2. The van der Waals surface area contributed by atoms with Gasteiger partial charge >= 0.3 is 0 Å². The molecule has 0 heterocycles. The van der Waals surface area contributed by atoms with Gasteiger partial charge in [0.05, 0.1) is 6.61 Å². The summed E-state index contributed by atoms with van der Waals surface area (Å²) in [7, 11) is -2.89. The van der Waals surface area contributed by atoms with E-state index < -0.39 is 7.37 Å². The minimum Gasteiger partial charge on any atom is -0.494 e. The van der Waals surface area contributed by atoms with Gasteiger partial charge in [0.25, 0.3) is 0 Å². The molecule has 2 atom stereocenters. The van der Waals surface area contributed by atoms with Crippen molar-refractivity contribution in [2.75, 3.05) is 26.0 Å². The van der Waals surface area contributed by atoms with Crippen LogP contribution in [0.4, 0.5) is 0 Å². The Bertz CT molecular complexity index is 856. The highest BCUT2D eigenvalue weighted by Crippen LogP contribution is 2.35. The summed E-state index contributed by atoms with van der Waals surface area (Å²) in [5, 5.41) is 3.32. The van der Waals surface area contributed by atoms with Crippen LogP contribution in [-0.2, 0) is 17.5 Å².